The van der Waals surface area contributed by atoms with E-state index in [0.29, 0.717) is 22.1 Å². The Bertz CT molecular complexity index is 1080. The van der Waals surface area contributed by atoms with Gasteiger partial charge in [-0.2, -0.15) is 0 Å². The van der Waals surface area contributed by atoms with Gasteiger partial charge in [-0.15, -0.1) is 0 Å². The molecular weight excluding hydrogens is 346 g/mol. The lowest BCUT2D eigenvalue weighted by atomic mass is 10.1. The molecule has 1 aromatic heterocycles. The molecule has 4 heteroatoms. The van der Waals surface area contributed by atoms with Crippen molar-refractivity contribution in [2.45, 2.75) is 6.92 Å². The first kappa shape index (κ1) is 16.4. The molecule has 0 bridgehead atoms. The van der Waals surface area contributed by atoms with Gasteiger partial charge in [-0.25, -0.2) is 0 Å². The lowest BCUT2D eigenvalue weighted by Crippen LogP contribution is -2.11. The van der Waals surface area contributed by atoms with Crippen LogP contribution in [-0.2, 0) is 0 Å². The Labute approximate surface area is 156 Å². The molecule has 0 spiro atoms. The molecule has 3 nitrogen and oxygen atoms in total. The first-order valence-electron chi connectivity index (χ1n) is 8.27. The highest BCUT2D eigenvalue weighted by Crippen LogP contribution is 2.28. The monoisotopic (exact) mass is 361 g/mol. The van der Waals surface area contributed by atoms with E-state index in [-0.39, 0.29) is 5.91 Å². The summed E-state index contributed by atoms with van der Waals surface area (Å²) in [5, 5.41) is 4.35. The number of furan rings is 1. The molecule has 0 aliphatic carbocycles. The average molecular weight is 362 g/mol. The highest BCUT2D eigenvalue weighted by Gasteiger charge is 2.18. The number of halogens is 1. The molecule has 0 saturated heterocycles. The molecule has 0 aliphatic rings. The van der Waals surface area contributed by atoms with Crippen molar-refractivity contribution in [3.8, 4) is 11.1 Å². The Hall–Kier alpha value is -3.04. The average Bonchev–Trinajstić information content (AvgIpc) is 2.99. The minimum absolute atomic E-state index is 0.276. The fourth-order valence-corrected chi connectivity index (χ4v) is 3.15. The van der Waals surface area contributed by atoms with Gasteiger partial charge in [0.25, 0.3) is 5.91 Å². The van der Waals surface area contributed by atoms with Crippen LogP contribution in [0.25, 0.3) is 22.1 Å². The highest BCUT2D eigenvalue weighted by atomic mass is 35.5. The molecule has 1 heterocycles. The van der Waals surface area contributed by atoms with Crippen molar-refractivity contribution in [1.29, 1.82) is 0 Å². The van der Waals surface area contributed by atoms with Crippen LogP contribution >= 0.6 is 11.6 Å². The number of carbonyl (C=O) groups excluding carboxylic acids is 1. The quantitative estimate of drug-likeness (QED) is 0.464. The van der Waals surface area contributed by atoms with Gasteiger partial charge < -0.3 is 9.73 Å². The molecule has 0 atom stereocenters. The lowest BCUT2D eigenvalue weighted by Gasteiger charge is -2.06. The predicted molar refractivity (Wildman–Crippen MR) is 106 cm³/mol. The van der Waals surface area contributed by atoms with Gasteiger partial charge in [0.1, 0.15) is 5.58 Å². The Balaban J connectivity index is 1.58. The molecule has 4 rings (SSSR count). The summed E-state index contributed by atoms with van der Waals surface area (Å²) < 4.78 is 5.71. The number of anilines is 1. The number of aryl methyl sites for hydroxylation is 1. The fourth-order valence-electron chi connectivity index (χ4n) is 2.97. The molecule has 1 N–H and O–H groups in total. The van der Waals surface area contributed by atoms with Crippen molar-refractivity contribution in [3.63, 3.8) is 0 Å². The number of rotatable bonds is 3. The summed E-state index contributed by atoms with van der Waals surface area (Å²) >= 11 is 6.03. The maximum Gasteiger partial charge on any atom is 0.291 e. The first-order chi connectivity index (χ1) is 12.6. The summed E-state index contributed by atoms with van der Waals surface area (Å²) in [7, 11) is 0. The zero-order valence-corrected chi connectivity index (χ0v) is 14.9. The van der Waals surface area contributed by atoms with Crippen molar-refractivity contribution in [1.82, 2.24) is 0 Å². The van der Waals surface area contributed by atoms with Gasteiger partial charge in [-0.3, -0.25) is 4.79 Å². The minimum Gasteiger partial charge on any atom is -0.451 e. The van der Waals surface area contributed by atoms with E-state index in [0.717, 1.165) is 22.1 Å². The van der Waals surface area contributed by atoms with Crippen molar-refractivity contribution in [3.05, 3.63) is 89.1 Å². The van der Waals surface area contributed by atoms with Crippen LogP contribution in [0, 0.1) is 6.92 Å². The van der Waals surface area contributed by atoms with Gasteiger partial charge >= 0.3 is 0 Å². The second kappa shape index (κ2) is 6.70. The second-order valence-corrected chi connectivity index (χ2v) is 6.53. The van der Waals surface area contributed by atoms with Gasteiger partial charge in [0.05, 0.1) is 0 Å². The van der Waals surface area contributed by atoms with Gasteiger partial charge in [0.2, 0.25) is 0 Å². The third-order valence-electron chi connectivity index (χ3n) is 4.35. The number of hydrogen-bond donors (Lipinski definition) is 1. The molecule has 0 unspecified atom stereocenters. The Morgan fingerprint density at radius 3 is 2.35 bits per heavy atom. The van der Waals surface area contributed by atoms with Gasteiger partial charge in [0, 0.05) is 21.7 Å². The zero-order valence-electron chi connectivity index (χ0n) is 14.1. The highest BCUT2D eigenvalue weighted by molar-refractivity contribution is 6.31. The third-order valence-corrected chi connectivity index (χ3v) is 4.59. The third kappa shape index (κ3) is 3.09. The molecule has 1 amide bonds. The van der Waals surface area contributed by atoms with Crippen molar-refractivity contribution >= 4 is 34.2 Å². The number of hydrogen-bond acceptors (Lipinski definition) is 2. The van der Waals surface area contributed by atoms with Gasteiger partial charge in [0.15, 0.2) is 5.76 Å². The lowest BCUT2D eigenvalue weighted by molar-refractivity contribution is 0.0998. The maximum absolute atomic E-state index is 12.6. The van der Waals surface area contributed by atoms with Crippen LogP contribution in [0.15, 0.2) is 77.2 Å². The van der Waals surface area contributed by atoms with E-state index < -0.39 is 0 Å². The molecule has 0 radical (unpaired) electrons. The summed E-state index contributed by atoms with van der Waals surface area (Å²) in [6, 6.07) is 23.2. The summed E-state index contributed by atoms with van der Waals surface area (Å²) in [6.45, 7) is 1.86. The van der Waals surface area contributed by atoms with E-state index >= 15 is 0 Å². The summed E-state index contributed by atoms with van der Waals surface area (Å²) in [4.78, 5) is 12.6. The molecule has 0 saturated carbocycles. The Kier molecular flexibility index (Phi) is 4.23. The van der Waals surface area contributed by atoms with Crippen LogP contribution in [0.1, 0.15) is 16.1 Å². The standard InChI is InChI=1S/C22H16ClNO2/c1-14-19-13-17(23)9-12-20(19)26-21(14)22(25)24-18-10-7-16(8-11-18)15-5-3-2-4-6-15/h2-13H,1H3,(H,24,25). The second-order valence-electron chi connectivity index (χ2n) is 6.09. The van der Waals surface area contributed by atoms with Crippen LogP contribution < -0.4 is 5.32 Å². The van der Waals surface area contributed by atoms with Crippen molar-refractivity contribution in [2.75, 3.05) is 5.32 Å². The van der Waals surface area contributed by atoms with Crippen LogP contribution in [0.5, 0.6) is 0 Å². The molecule has 0 fully saturated rings. The smallest absolute Gasteiger partial charge is 0.291 e. The SMILES string of the molecule is Cc1c(C(=O)Nc2ccc(-c3ccccc3)cc2)oc2ccc(Cl)cc12. The Morgan fingerprint density at radius 2 is 1.62 bits per heavy atom. The van der Waals surface area contributed by atoms with E-state index in [2.05, 4.69) is 17.4 Å². The summed E-state index contributed by atoms with van der Waals surface area (Å²) in [5.74, 6) is 0.0247. The van der Waals surface area contributed by atoms with Crippen LogP contribution in [0.3, 0.4) is 0 Å². The number of nitrogens with one attached hydrogen (secondary N) is 1. The molecular formula is C22H16ClNO2. The van der Waals surface area contributed by atoms with E-state index in [1.54, 1.807) is 18.2 Å². The predicted octanol–water partition coefficient (Wildman–Crippen LogP) is 6.31. The number of amides is 1. The molecule has 0 aliphatic heterocycles. The zero-order chi connectivity index (χ0) is 18.1. The number of benzene rings is 3. The van der Waals surface area contributed by atoms with Crippen LogP contribution in [0.4, 0.5) is 5.69 Å². The fraction of sp³-hybridized carbons (Fsp3) is 0.0455. The van der Waals surface area contributed by atoms with Gasteiger partial charge in [-0.05, 0) is 48.4 Å². The van der Waals surface area contributed by atoms with E-state index in [1.165, 1.54) is 0 Å². The molecule has 26 heavy (non-hydrogen) atoms. The number of fused-ring (bicyclic) bond motifs is 1. The van der Waals surface area contributed by atoms with Crippen molar-refractivity contribution < 1.29 is 9.21 Å². The summed E-state index contributed by atoms with van der Waals surface area (Å²) in [6.07, 6.45) is 0. The first-order valence-corrected chi connectivity index (χ1v) is 8.65. The van der Waals surface area contributed by atoms with Crippen molar-refractivity contribution in [2.24, 2.45) is 0 Å². The van der Waals surface area contributed by atoms with E-state index in [1.807, 2.05) is 49.4 Å². The minimum atomic E-state index is -0.276. The van der Waals surface area contributed by atoms with E-state index in [9.17, 15) is 4.79 Å². The molecule has 4 aromatic rings. The molecule has 3 aromatic carbocycles. The van der Waals surface area contributed by atoms with E-state index in [4.69, 9.17) is 16.0 Å². The molecule has 128 valence electrons. The normalized spacial score (nSPS) is 10.8. The number of carbonyl (C=O) groups is 1. The largest absolute Gasteiger partial charge is 0.451 e. The maximum atomic E-state index is 12.6. The van der Waals surface area contributed by atoms with Crippen LogP contribution in [0.2, 0.25) is 5.02 Å². The summed E-state index contributed by atoms with van der Waals surface area (Å²) in [5.41, 5.74) is 4.37. The van der Waals surface area contributed by atoms with Crippen LogP contribution in [-0.4, -0.2) is 5.91 Å². The topological polar surface area (TPSA) is 42.2 Å². The van der Waals surface area contributed by atoms with Gasteiger partial charge in [-0.1, -0.05) is 54.1 Å². The Morgan fingerprint density at radius 1 is 0.923 bits per heavy atom.